The molecule has 2 heteroatoms. The first-order valence-electron chi connectivity index (χ1n) is 9.15. The van der Waals surface area contributed by atoms with Crippen LogP contribution in [0.3, 0.4) is 0 Å². The quantitative estimate of drug-likeness (QED) is 0.449. The lowest BCUT2D eigenvalue weighted by molar-refractivity contribution is 0.354. The van der Waals surface area contributed by atoms with Crippen LogP contribution in [-0.4, -0.2) is 10.2 Å². The minimum absolute atomic E-state index is 0.269. The third kappa shape index (κ3) is 6.67. The molecule has 122 valence electrons. The topological polar surface area (TPSA) is 28.7 Å². The van der Waals surface area contributed by atoms with Gasteiger partial charge in [0.15, 0.2) is 0 Å². The van der Waals surface area contributed by atoms with Crippen molar-refractivity contribution < 1.29 is 0 Å². The van der Waals surface area contributed by atoms with Crippen LogP contribution >= 0.6 is 0 Å². The first-order valence-corrected chi connectivity index (χ1v) is 9.15. The zero-order valence-electron chi connectivity index (χ0n) is 14.8. The van der Waals surface area contributed by atoms with Crippen LogP contribution < -0.4 is 0 Å². The molecule has 21 heavy (non-hydrogen) atoms. The molecule has 0 bridgehead atoms. The van der Waals surface area contributed by atoms with Crippen LogP contribution in [0.4, 0.5) is 0 Å². The summed E-state index contributed by atoms with van der Waals surface area (Å²) in [5, 5.41) is 7.71. The molecule has 0 aliphatic heterocycles. The SMILES string of the molecule is CCCCCCCC(C)(CCCCCC)c1cc(C)[nH]n1. The molecule has 0 fully saturated rings. The van der Waals surface area contributed by atoms with Gasteiger partial charge in [-0.05, 0) is 25.8 Å². The highest BCUT2D eigenvalue weighted by atomic mass is 15.1. The number of rotatable bonds is 12. The number of H-pyrrole nitrogens is 1. The van der Waals surface area contributed by atoms with Crippen molar-refractivity contribution in [2.24, 2.45) is 0 Å². The molecule has 0 aliphatic rings. The summed E-state index contributed by atoms with van der Waals surface area (Å²) < 4.78 is 0. The fraction of sp³-hybridized carbons (Fsp3) is 0.842. The average molecular weight is 293 g/mol. The number of aryl methyl sites for hydroxylation is 1. The van der Waals surface area contributed by atoms with Gasteiger partial charge in [-0.15, -0.1) is 0 Å². The Hall–Kier alpha value is -0.790. The second-order valence-electron chi connectivity index (χ2n) is 6.97. The molecule has 0 spiro atoms. The third-order valence-corrected chi connectivity index (χ3v) is 4.74. The van der Waals surface area contributed by atoms with Crippen LogP contribution in [-0.2, 0) is 5.41 Å². The summed E-state index contributed by atoms with van der Waals surface area (Å²) in [6.45, 7) is 9.10. The van der Waals surface area contributed by atoms with Crippen LogP contribution in [0.2, 0.25) is 0 Å². The van der Waals surface area contributed by atoms with Gasteiger partial charge in [-0.1, -0.05) is 78.6 Å². The van der Waals surface area contributed by atoms with Crippen molar-refractivity contribution in [3.05, 3.63) is 17.5 Å². The maximum Gasteiger partial charge on any atom is 0.0683 e. The van der Waals surface area contributed by atoms with Crippen LogP contribution in [0.5, 0.6) is 0 Å². The van der Waals surface area contributed by atoms with Crippen molar-refractivity contribution in [2.75, 3.05) is 0 Å². The standard InChI is InChI=1S/C19H36N2/c1-5-7-9-11-13-15-19(4,14-12-10-8-6-2)18-16-17(3)20-21-18/h16H,5-15H2,1-4H3,(H,20,21). The summed E-state index contributed by atoms with van der Waals surface area (Å²) in [4.78, 5) is 0. The highest BCUT2D eigenvalue weighted by Crippen LogP contribution is 2.34. The van der Waals surface area contributed by atoms with E-state index < -0.39 is 0 Å². The Bertz CT molecular complexity index is 369. The second kappa shape index (κ2) is 10.0. The lowest BCUT2D eigenvalue weighted by Crippen LogP contribution is -2.22. The Morgan fingerprint density at radius 2 is 1.43 bits per heavy atom. The van der Waals surface area contributed by atoms with Crippen molar-refractivity contribution in [3.8, 4) is 0 Å². The summed E-state index contributed by atoms with van der Waals surface area (Å²) in [5.74, 6) is 0. The van der Waals surface area contributed by atoms with Crippen LogP contribution in [0.25, 0.3) is 0 Å². The summed E-state index contributed by atoms with van der Waals surface area (Å²) in [6, 6.07) is 2.26. The Kier molecular flexibility index (Phi) is 8.72. The van der Waals surface area contributed by atoms with Crippen molar-refractivity contribution in [1.82, 2.24) is 10.2 Å². The van der Waals surface area contributed by atoms with E-state index in [1.54, 1.807) is 0 Å². The largest absolute Gasteiger partial charge is 0.283 e. The van der Waals surface area contributed by atoms with Gasteiger partial charge in [0.25, 0.3) is 0 Å². The summed E-state index contributed by atoms with van der Waals surface area (Å²) in [6.07, 6.45) is 14.8. The van der Waals surface area contributed by atoms with Crippen LogP contribution in [0.15, 0.2) is 6.07 Å². The maximum absolute atomic E-state index is 4.58. The molecular weight excluding hydrogens is 256 g/mol. The Labute approximate surface area is 132 Å². The number of nitrogens with one attached hydrogen (secondary N) is 1. The average Bonchev–Trinajstić information content (AvgIpc) is 2.91. The van der Waals surface area contributed by atoms with Crippen LogP contribution in [0.1, 0.15) is 103 Å². The van der Waals surface area contributed by atoms with E-state index in [0.717, 1.165) is 0 Å². The number of unbranched alkanes of at least 4 members (excludes halogenated alkanes) is 7. The molecule has 1 atom stereocenters. The van der Waals surface area contributed by atoms with E-state index in [1.807, 2.05) is 0 Å². The van der Waals surface area contributed by atoms with Gasteiger partial charge >= 0.3 is 0 Å². The molecule has 0 aromatic carbocycles. The molecule has 2 nitrogen and oxygen atoms in total. The first kappa shape index (κ1) is 18.3. The normalized spacial score (nSPS) is 14.3. The Morgan fingerprint density at radius 3 is 1.90 bits per heavy atom. The molecule has 1 aromatic heterocycles. The van der Waals surface area contributed by atoms with Crippen molar-refractivity contribution in [2.45, 2.75) is 104 Å². The predicted octanol–water partition coefficient (Wildman–Crippen LogP) is 6.31. The highest BCUT2D eigenvalue weighted by molar-refractivity contribution is 5.17. The Balaban J connectivity index is 2.52. The molecule has 0 amide bonds. The fourth-order valence-corrected chi connectivity index (χ4v) is 3.17. The van der Waals surface area contributed by atoms with Gasteiger partial charge in [0, 0.05) is 11.1 Å². The van der Waals surface area contributed by atoms with Gasteiger partial charge in [-0.25, -0.2) is 0 Å². The molecule has 1 aromatic rings. The number of aromatic amines is 1. The number of hydrogen-bond donors (Lipinski definition) is 1. The molecule has 1 heterocycles. The van der Waals surface area contributed by atoms with Gasteiger partial charge in [0.1, 0.15) is 0 Å². The van der Waals surface area contributed by atoms with E-state index in [1.165, 1.54) is 82.0 Å². The van der Waals surface area contributed by atoms with Crippen molar-refractivity contribution in [3.63, 3.8) is 0 Å². The maximum atomic E-state index is 4.58. The zero-order chi connectivity index (χ0) is 15.6. The molecule has 0 saturated heterocycles. The van der Waals surface area contributed by atoms with E-state index in [0.29, 0.717) is 0 Å². The number of aromatic nitrogens is 2. The van der Waals surface area contributed by atoms with Gasteiger partial charge < -0.3 is 0 Å². The molecule has 1 N–H and O–H groups in total. The summed E-state index contributed by atoms with van der Waals surface area (Å²) in [5.41, 5.74) is 2.74. The van der Waals surface area contributed by atoms with E-state index in [-0.39, 0.29) is 5.41 Å². The highest BCUT2D eigenvalue weighted by Gasteiger charge is 2.28. The molecule has 1 rings (SSSR count). The zero-order valence-corrected chi connectivity index (χ0v) is 14.8. The number of hydrogen-bond acceptors (Lipinski definition) is 1. The van der Waals surface area contributed by atoms with E-state index in [9.17, 15) is 0 Å². The monoisotopic (exact) mass is 292 g/mol. The van der Waals surface area contributed by atoms with Crippen molar-refractivity contribution >= 4 is 0 Å². The summed E-state index contributed by atoms with van der Waals surface area (Å²) >= 11 is 0. The van der Waals surface area contributed by atoms with Gasteiger partial charge in [0.05, 0.1) is 5.69 Å². The first-order chi connectivity index (χ1) is 10.1. The third-order valence-electron chi connectivity index (χ3n) is 4.74. The predicted molar refractivity (Wildman–Crippen MR) is 92.8 cm³/mol. The molecular formula is C19H36N2. The van der Waals surface area contributed by atoms with Crippen molar-refractivity contribution in [1.29, 1.82) is 0 Å². The lowest BCUT2D eigenvalue weighted by Gasteiger charge is -2.28. The molecule has 0 radical (unpaired) electrons. The molecule has 0 aliphatic carbocycles. The summed E-state index contributed by atoms with van der Waals surface area (Å²) in [7, 11) is 0. The van der Waals surface area contributed by atoms with Gasteiger partial charge in [-0.2, -0.15) is 5.10 Å². The lowest BCUT2D eigenvalue weighted by atomic mass is 9.77. The minimum atomic E-state index is 0.269. The number of nitrogens with zero attached hydrogens (tertiary/aromatic N) is 1. The molecule has 1 unspecified atom stereocenters. The molecule has 0 saturated carbocycles. The van der Waals surface area contributed by atoms with E-state index in [2.05, 4.69) is 44.0 Å². The second-order valence-corrected chi connectivity index (χ2v) is 6.97. The fourth-order valence-electron chi connectivity index (χ4n) is 3.17. The minimum Gasteiger partial charge on any atom is -0.283 e. The van der Waals surface area contributed by atoms with Crippen LogP contribution in [0, 0.1) is 6.92 Å². The Morgan fingerprint density at radius 1 is 0.905 bits per heavy atom. The van der Waals surface area contributed by atoms with E-state index >= 15 is 0 Å². The van der Waals surface area contributed by atoms with E-state index in [4.69, 9.17) is 0 Å². The smallest absolute Gasteiger partial charge is 0.0683 e. The van der Waals surface area contributed by atoms with Gasteiger partial charge in [-0.3, -0.25) is 5.10 Å². The van der Waals surface area contributed by atoms with Gasteiger partial charge in [0.2, 0.25) is 0 Å².